The molecule has 2 aliphatic carbocycles. The highest BCUT2D eigenvalue weighted by molar-refractivity contribution is 5.72. The Balaban J connectivity index is 1.73. The quantitative estimate of drug-likeness (QED) is 0.608. The van der Waals surface area contributed by atoms with Gasteiger partial charge in [-0.25, -0.2) is 0 Å². The number of carbonyl (C=O) groups is 1. The minimum atomic E-state index is -0.368. The summed E-state index contributed by atoms with van der Waals surface area (Å²) in [5.41, 5.74) is 1.32. The SMILES string of the molecule is CC[C@@H](C)C(=O)O[C@@H]1C[C@H](C)C=C2C=C[C@@H](C)[C@@H](CCC3C[C@@H](O)C[C@@H](OC)O3)[C@@H]21. The maximum atomic E-state index is 12.6. The van der Waals surface area contributed by atoms with E-state index in [1.54, 1.807) is 7.11 Å². The Hall–Kier alpha value is -1.17. The zero-order valence-corrected chi connectivity index (χ0v) is 19.3. The number of aliphatic hydroxyl groups is 1. The van der Waals surface area contributed by atoms with Gasteiger partial charge in [-0.15, -0.1) is 0 Å². The van der Waals surface area contributed by atoms with Crippen molar-refractivity contribution in [2.75, 3.05) is 7.11 Å². The molecule has 1 saturated heterocycles. The molecule has 3 aliphatic rings. The van der Waals surface area contributed by atoms with Crippen LogP contribution in [0.15, 0.2) is 23.8 Å². The highest BCUT2D eigenvalue weighted by Gasteiger charge is 2.42. The fraction of sp³-hybridized carbons (Fsp3) is 0.800. The van der Waals surface area contributed by atoms with Crippen LogP contribution in [0.1, 0.15) is 66.2 Å². The van der Waals surface area contributed by atoms with Crippen LogP contribution < -0.4 is 0 Å². The zero-order chi connectivity index (χ0) is 21.8. The minimum absolute atomic E-state index is 0.00728. The van der Waals surface area contributed by atoms with Crippen molar-refractivity contribution in [3.05, 3.63) is 23.8 Å². The molecule has 170 valence electrons. The van der Waals surface area contributed by atoms with E-state index in [1.165, 1.54) is 5.57 Å². The van der Waals surface area contributed by atoms with Crippen LogP contribution in [0.5, 0.6) is 0 Å². The standard InChI is InChI=1S/C25H40O5/c1-6-16(3)25(27)30-22-12-15(2)11-18-8-7-17(4)21(24(18)22)10-9-20-13-19(26)14-23(28-5)29-20/h7-8,11,15-17,19-24,26H,6,9-10,12-14H2,1-5H3/t15-,16-,17-,19-,20?,21-,22-,23+,24-/m1/s1. The van der Waals surface area contributed by atoms with Crippen molar-refractivity contribution in [3.8, 4) is 0 Å². The third-order valence-electron chi connectivity index (χ3n) is 7.31. The van der Waals surface area contributed by atoms with Gasteiger partial charge in [0.05, 0.1) is 18.1 Å². The molecule has 0 aromatic heterocycles. The second-order valence-corrected chi connectivity index (χ2v) is 9.70. The van der Waals surface area contributed by atoms with Gasteiger partial charge in [0.2, 0.25) is 0 Å². The van der Waals surface area contributed by atoms with E-state index in [-0.39, 0.29) is 42.4 Å². The Morgan fingerprint density at radius 2 is 2.03 bits per heavy atom. The fourth-order valence-electron chi connectivity index (χ4n) is 5.32. The van der Waals surface area contributed by atoms with Crippen LogP contribution in [0.2, 0.25) is 0 Å². The number of methoxy groups -OCH3 is 1. The summed E-state index contributed by atoms with van der Waals surface area (Å²) >= 11 is 0. The van der Waals surface area contributed by atoms with Crippen molar-refractivity contribution in [2.24, 2.45) is 29.6 Å². The molecule has 0 amide bonds. The summed E-state index contributed by atoms with van der Waals surface area (Å²) < 4.78 is 17.5. The minimum Gasteiger partial charge on any atom is -0.461 e. The first-order valence-corrected chi connectivity index (χ1v) is 11.8. The molecule has 0 saturated carbocycles. The van der Waals surface area contributed by atoms with E-state index in [0.29, 0.717) is 30.6 Å². The van der Waals surface area contributed by atoms with Crippen LogP contribution in [0.4, 0.5) is 0 Å². The maximum Gasteiger partial charge on any atom is 0.308 e. The topological polar surface area (TPSA) is 65.0 Å². The fourth-order valence-corrected chi connectivity index (χ4v) is 5.32. The second kappa shape index (κ2) is 10.4. The molecule has 5 nitrogen and oxygen atoms in total. The monoisotopic (exact) mass is 420 g/mol. The van der Waals surface area contributed by atoms with Crippen molar-refractivity contribution < 1.29 is 24.1 Å². The first kappa shape index (κ1) is 23.5. The molecule has 0 spiro atoms. The lowest BCUT2D eigenvalue weighted by molar-refractivity contribution is -0.205. The Kier molecular flexibility index (Phi) is 8.17. The number of carbonyl (C=O) groups excluding carboxylic acids is 1. The van der Waals surface area contributed by atoms with Crippen molar-refractivity contribution >= 4 is 5.97 Å². The molecule has 1 N–H and O–H groups in total. The molecule has 1 heterocycles. The van der Waals surface area contributed by atoms with Gasteiger partial charge in [-0.3, -0.25) is 4.79 Å². The summed E-state index contributed by atoms with van der Waals surface area (Å²) in [6, 6.07) is 0. The van der Waals surface area contributed by atoms with E-state index in [2.05, 4.69) is 32.1 Å². The normalized spacial score (nSPS) is 39.7. The molecular formula is C25H40O5. The molecular weight excluding hydrogens is 380 g/mol. The Morgan fingerprint density at radius 1 is 1.27 bits per heavy atom. The number of esters is 1. The average molecular weight is 421 g/mol. The molecule has 1 unspecified atom stereocenters. The van der Waals surface area contributed by atoms with Gasteiger partial charge in [-0.05, 0) is 55.4 Å². The highest BCUT2D eigenvalue weighted by Crippen LogP contribution is 2.45. The van der Waals surface area contributed by atoms with E-state index in [4.69, 9.17) is 14.2 Å². The van der Waals surface area contributed by atoms with Crippen LogP contribution in [-0.4, -0.2) is 42.8 Å². The van der Waals surface area contributed by atoms with Gasteiger partial charge in [-0.1, -0.05) is 45.9 Å². The van der Waals surface area contributed by atoms with Gasteiger partial charge in [-0.2, -0.15) is 0 Å². The maximum absolute atomic E-state index is 12.6. The Morgan fingerprint density at radius 3 is 2.73 bits per heavy atom. The predicted molar refractivity (Wildman–Crippen MR) is 117 cm³/mol. The van der Waals surface area contributed by atoms with Crippen molar-refractivity contribution in [1.29, 1.82) is 0 Å². The molecule has 1 aliphatic heterocycles. The molecule has 30 heavy (non-hydrogen) atoms. The molecule has 0 radical (unpaired) electrons. The first-order chi connectivity index (χ1) is 14.3. The highest BCUT2D eigenvalue weighted by atomic mass is 16.7. The molecule has 0 bridgehead atoms. The molecule has 0 aromatic rings. The number of fused-ring (bicyclic) bond motifs is 1. The molecule has 5 heteroatoms. The number of hydrogen-bond donors (Lipinski definition) is 1. The Bertz CT molecular complexity index is 641. The lowest BCUT2D eigenvalue weighted by Crippen LogP contribution is -2.42. The Labute approximate surface area is 181 Å². The van der Waals surface area contributed by atoms with E-state index < -0.39 is 0 Å². The smallest absolute Gasteiger partial charge is 0.308 e. The molecule has 0 aromatic carbocycles. The largest absolute Gasteiger partial charge is 0.461 e. The summed E-state index contributed by atoms with van der Waals surface area (Å²) in [7, 11) is 1.63. The predicted octanol–water partition coefficient (Wildman–Crippen LogP) is 4.64. The zero-order valence-electron chi connectivity index (χ0n) is 19.3. The first-order valence-electron chi connectivity index (χ1n) is 11.8. The van der Waals surface area contributed by atoms with E-state index >= 15 is 0 Å². The summed E-state index contributed by atoms with van der Waals surface area (Å²) in [5, 5.41) is 10.2. The summed E-state index contributed by atoms with van der Waals surface area (Å²) in [6.45, 7) is 8.44. The second-order valence-electron chi connectivity index (χ2n) is 9.70. The van der Waals surface area contributed by atoms with E-state index in [9.17, 15) is 9.90 Å². The number of allylic oxidation sites excluding steroid dienone is 3. The van der Waals surface area contributed by atoms with Crippen molar-refractivity contribution in [1.82, 2.24) is 0 Å². The number of rotatable bonds is 7. The van der Waals surface area contributed by atoms with E-state index in [1.807, 2.05) is 13.8 Å². The van der Waals surface area contributed by atoms with Gasteiger partial charge in [0, 0.05) is 19.4 Å². The third kappa shape index (κ3) is 5.54. The van der Waals surface area contributed by atoms with Crippen LogP contribution in [-0.2, 0) is 19.0 Å². The summed E-state index contributed by atoms with van der Waals surface area (Å²) in [6.07, 6.45) is 10.9. The number of aliphatic hydroxyl groups excluding tert-OH is 1. The third-order valence-corrected chi connectivity index (χ3v) is 7.31. The van der Waals surface area contributed by atoms with Gasteiger partial charge in [0.15, 0.2) is 6.29 Å². The van der Waals surface area contributed by atoms with Crippen LogP contribution in [0.25, 0.3) is 0 Å². The van der Waals surface area contributed by atoms with E-state index in [0.717, 1.165) is 25.7 Å². The van der Waals surface area contributed by atoms with Crippen molar-refractivity contribution in [2.45, 2.75) is 90.8 Å². The number of ether oxygens (including phenoxy) is 3. The average Bonchev–Trinajstić information content (AvgIpc) is 2.71. The number of hydrogen-bond acceptors (Lipinski definition) is 5. The molecule has 9 atom stereocenters. The summed E-state index contributed by atoms with van der Waals surface area (Å²) in [4.78, 5) is 12.6. The van der Waals surface area contributed by atoms with Gasteiger partial charge in [0.25, 0.3) is 0 Å². The van der Waals surface area contributed by atoms with Crippen LogP contribution >= 0.6 is 0 Å². The summed E-state index contributed by atoms with van der Waals surface area (Å²) in [5.74, 6) is 1.32. The van der Waals surface area contributed by atoms with Gasteiger partial charge >= 0.3 is 5.97 Å². The molecule has 3 rings (SSSR count). The van der Waals surface area contributed by atoms with Gasteiger partial charge in [0.1, 0.15) is 6.10 Å². The van der Waals surface area contributed by atoms with Crippen LogP contribution in [0.3, 0.4) is 0 Å². The van der Waals surface area contributed by atoms with Crippen LogP contribution in [0, 0.1) is 29.6 Å². The van der Waals surface area contributed by atoms with Crippen molar-refractivity contribution in [3.63, 3.8) is 0 Å². The van der Waals surface area contributed by atoms with Gasteiger partial charge < -0.3 is 19.3 Å². The molecule has 1 fully saturated rings. The lowest BCUT2D eigenvalue weighted by Gasteiger charge is -2.43. The lowest BCUT2D eigenvalue weighted by atomic mass is 9.65.